The van der Waals surface area contributed by atoms with E-state index in [9.17, 15) is 0 Å². The second-order valence-corrected chi connectivity index (χ2v) is 1.06. The molecule has 3 heteroatoms. The summed E-state index contributed by atoms with van der Waals surface area (Å²) in [5.74, 6) is 0. The number of hydrogen-bond acceptors (Lipinski definition) is 2. The fourth-order valence-corrected chi connectivity index (χ4v) is 0. The lowest BCUT2D eigenvalue weighted by molar-refractivity contribution is 0.548. The Morgan fingerprint density at radius 2 is 2.20 bits per heavy atom. The number of terminal acetylenes is 1. The van der Waals surface area contributed by atoms with E-state index in [-0.39, 0.29) is 0 Å². The molecule has 1 unspecified atom stereocenters. The van der Waals surface area contributed by atoms with Gasteiger partial charge in [-0.1, -0.05) is 0 Å². The second-order valence-electron chi connectivity index (χ2n) is 0.353. The molecule has 0 aromatic carbocycles. The summed E-state index contributed by atoms with van der Waals surface area (Å²) in [7, 11) is 0. The van der Waals surface area contributed by atoms with Gasteiger partial charge in [0, 0.05) is 11.1 Å². The molecule has 0 fully saturated rings. The van der Waals surface area contributed by atoms with E-state index >= 15 is 0 Å². The highest BCUT2D eigenvalue weighted by molar-refractivity contribution is 7.84. The van der Waals surface area contributed by atoms with Gasteiger partial charge in [-0.3, -0.25) is 4.21 Å². The van der Waals surface area contributed by atoms with Crippen molar-refractivity contribution < 1.29 is 8.76 Å². The van der Waals surface area contributed by atoms with Crippen LogP contribution in [0.25, 0.3) is 0 Å². The predicted octanol–water partition coefficient (Wildman–Crippen LogP) is -0.544. The van der Waals surface area contributed by atoms with E-state index in [1.54, 1.807) is 0 Å². The van der Waals surface area contributed by atoms with Crippen LogP contribution in [0.1, 0.15) is 0 Å². The summed E-state index contributed by atoms with van der Waals surface area (Å²) >= 11 is -2.29. The van der Waals surface area contributed by atoms with Gasteiger partial charge in [-0.15, -0.1) is 6.42 Å². The SMILES string of the molecule is C#CS(=O)[O-]. The molecule has 2 nitrogen and oxygen atoms in total. The van der Waals surface area contributed by atoms with Crippen LogP contribution < -0.4 is 0 Å². The molecule has 0 aliphatic rings. The third-order valence-electron chi connectivity index (χ3n) is 0.0962. The highest BCUT2D eigenvalue weighted by Crippen LogP contribution is 1.55. The number of rotatable bonds is 0. The van der Waals surface area contributed by atoms with Crippen molar-refractivity contribution in [2.75, 3.05) is 0 Å². The van der Waals surface area contributed by atoms with E-state index in [4.69, 9.17) is 8.76 Å². The first-order valence-corrected chi connectivity index (χ1v) is 1.90. The first kappa shape index (κ1) is 4.67. The Labute approximate surface area is 32.5 Å². The third kappa shape index (κ3) is 3.67. The summed E-state index contributed by atoms with van der Waals surface area (Å²) in [6, 6.07) is 0. The van der Waals surface area contributed by atoms with Gasteiger partial charge in [0.1, 0.15) is 0 Å². The van der Waals surface area contributed by atoms with Gasteiger partial charge in [0.15, 0.2) is 0 Å². The smallest absolute Gasteiger partial charge is 0.0244 e. The predicted molar refractivity (Wildman–Crippen MR) is 17.8 cm³/mol. The lowest BCUT2D eigenvalue weighted by Crippen LogP contribution is -1.73. The topological polar surface area (TPSA) is 40.1 Å². The van der Waals surface area contributed by atoms with E-state index in [1.165, 1.54) is 5.25 Å². The van der Waals surface area contributed by atoms with Crippen molar-refractivity contribution in [1.82, 2.24) is 0 Å². The Morgan fingerprint density at radius 3 is 2.20 bits per heavy atom. The van der Waals surface area contributed by atoms with Gasteiger partial charge in [-0.05, 0) is 5.25 Å². The number of hydrogen-bond donors (Lipinski definition) is 0. The van der Waals surface area contributed by atoms with E-state index < -0.39 is 11.1 Å². The molecule has 0 saturated carbocycles. The van der Waals surface area contributed by atoms with Crippen molar-refractivity contribution in [3.63, 3.8) is 0 Å². The molecule has 0 radical (unpaired) electrons. The average Bonchev–Trinajstić information content (AvgIpc) is 1.38. The van der Waals surface area contributed by atoms with Crippen LogP contribution in [0.2, 0.25) is 0 Å². The van der Waals surface area contributed by atoms with Gasteiger partial charge in [-0.2, -0.15) is 0 Å². The fraction of sp³-hybridized carbons (Fsp3) is 0. The lowest BCUT2D eigenvalue weighted by atomic mass is 11.4. The minimum atomic E-state index is -2.29. The fourth-order valence-electron chi connectivity index (χ4n) is 0. The second kappa shape index (κ2) is 1.94. The zero-order valence-electron chi connectivity index (χ0n) is 2.30. The van der Waals surface area contributed by atoms with Crippen LogP contribution in [-0.2, 0) is 11.1 Å². The van der Waals surface area contributed by atoms with Gasteiger partial charge in [0.05, 0.1) is 0 Å². The molecule has 0 spiro atoms. The quantitative estimate of drug-likeness (QED) is 0.295. The molecular weight excluding hydrogens is 88.1 g/mol. The molecule has 0 aliphatic heterocycles. The van der Waals surface area contributed by atoms with Crippen LogP contribution in [0.15, 0.2) is 0 Å². The zero-order chi connectivity index (χ0) is 4.28. The maximum atomic E-state index is 9.13. The molecule has 0 rings (SSSR count). The highest BCUT2D eigenvalue weighted by Gasteiger charge is 1.51. The summed E-state index contributed by atoms with van der Waals surface area (Å²) in [6.07, 6.45) is 4.31. The normalized spacial score (nSPS) is 12.8. The van der Waals surface area contributed by atoms with Crippen LogP contribution in [0.5, 0.6) is 0 Å². The van der Waals surface area contributed by atoms with Crippen LogP contribution in [0, 0.1) is 11.7 Å². The first-order valence-electron chi connectivity index (χ1n) is 0.826. The monoisotopic (exact) mass is 89.0 g/mol. The Morgan fingerprint density at radius 1 is 2.00 bits per heavy atom. The van der Waals surface area contributed by atoms with Gasteiger partial charge < -0.3 is 4.55 Å². The molecule has 0 amide bonds. The molecule has 0 bridgehead atoms. The molecule has 0 aromatic heterocycles. The van der Waals surface area contributed by atoms with Gasteiger partial charge >= 0.3 is 0 Å². The van der Waals surface area contributed by atoms with Gasteiger partial charge in [-0.25, -0.2) is 0 Å². The summed E-state index contributed by atoms with van der Waals surface area (Å²) in [4.78, 5) is 0. The minimum absolute atomic E-state index is 1.44. The zero-order valence-corrected chi connectivity index (χ0v) is 3.12. The molecule has 1 atom stereocenters. The van der Waals surface area contributed by atoms with Crippen LogP contribution >= 0.6 is 0 Å². The Balaban J connectivity index is 3.35. The summed E-state index contributed by atoms with van der Waals surface area (Å²) in [6.45, 7) is 0. The van der Waals surface area contributed by atoms with Crippen molar-refractivity contribution in [1.29, 1.82) is 0 Å². The molecule has 28 valence electrons. The highest BCUT2D eigenvalue weighted by atomic mass is 32.2. The molecule has 0 heterocycles. The molecule has 0 aliphatic carbocycles. The lowest BCUT2D eigenvalue weighted by Gasteiger charge is -1.84. The van der Waals surface area contributed by atoms with Gasteiger partial charge in [0.2, 0.25) is 0 Å². The van der Waals surface area contributed by atoms with Crippen molar-refractivity contribution in [2.24, 2.45) is 0 Å². The molecule has 0 aromatic rings. The van der Waals surface area contributed by atoms with Crippen LogP contribution in [0.3, 0.4) is 0 Å². The van der Waals surface area contributed by atoms with Gasteiger partial charge in [0.25, 0.3) is 0 Å². The van der Waals surface area contributed by atoms with Crippen molar-refractivity contribution in [3.8, 4) is 11.7 Å². The molecule has 0 N–H and O–H groups in total. The third-order valence-corrected chi connectivity index (χ3v) is 0.289. The van der Waals surface area contributed by atoms with Crippen LogP contribution in [-0.4, -0.2) is 8.76 Å². The minimum Gasteiger partial charge on any atom is -0.762 e. The Kier molecular flexibility index (Phi) is 1.81. The summed E-state index contributed by atoms with van der Waals surface area (Å²) in [5.41, 5.74) is 0. The Bertz CT molecular complexity index is 80.1. The van der Waals surface area contributed by atoms with Crippen molar-refractivity contribution in [2.45, 2.75) is 0 Å². The average molecular weight is 89.1 g/mol. The first-order chi connectivity index (χ1) is 2.27. The van der Waals surface area contributed by atoms with Crippen LogP contribution in [0.4, 0.5) is 0 Å². The van der Waals surface area contributed by atoms with E-state index in [2.05, 4.69) is 6.42 Å². The largest absolute Gasteiger partial charge is 0.762 e. The van der Waals surface area contributed by atoms with E-state index in [1.807, 2.05) is 0 Å². The maximum Gasteiger partial charge on any atom is 0.0244 e. The molecule has 0 saturated heterocycles. The molecular formula is C2HO2S-. The van der Waals surface area contributed by atoms with Crippen molar-refractivity contribution >= 4 is 11.1 Å². The molecule has 5 heavy (non-hydrogen) atoms. The van der Waals surface area contributed by atoms with E-state index in [0.717, 1.165) is 0 Å². The standard InChI is InChI=1S/C2H2O2S/c1-2-5(3)4/h1H,(H,3,4)/p-1. The maximum absolute atomic E-state index is 9.13. The van der Waals surface area contributed by atoms with Crippen molar-refractivity contribution in [3.05, 3.63) is 0 Å². The summed E-state index contributed by atoms with van der Waals surface area (Å²) in [5, 5.41) is 1.44. The van der Waals surface area contributed by atoms with E-state index in [0.29, 0.717) is 0 Å². The Hall–Kier alpha value is -0.330. The summed E-state index contributed by atoms with van der Waals surface area (Å²) < 4.78 is 18.3.